The van der Waals surface area contributed by atoms with E-state index < -0.39 is 0 Å². The predicted molar refractivity (Wildman–Crippen MR) is 117 cm³/mol. The number of amidine groups is 1. The minimum atomic E-state index is -0.181. The van der Waals surface area contributed by atoms with Crippen molar-refractivity contribution in [1.82, 2.24) is 5.32 Å². The fourth-order valence-corrected chi connectivity index (χ4v) is 4.71. The number of fused-ring (bicyclic) bond motifs is 2. The van der Waals surface area contributed by atoms with E-state index in [9.17, 15) is 9.59 Å². The molecule has 2 aliphatic rings. The molecule has 0 unspecified atom stereocenters. The van der Waals surface area contributed by atoms with Gasteiger partial charge in [-0.25, -0.2) is 4.99 Å². The lowest BCUT2D eigenvalue weighted by Crippen LogP contribution is -2.22. The Morgan fingerprint density at radius 3 is 2.24 bits per heavy atom. The fourth-order valence-electron chi connectivity index (χ4n) is 3.76. The lowest BCUT2D eigenvalue weighted by Gasteiger charge is -2.30. The van der Waals surface area contributed by atoms with E-state index in [1.165, 1.54) is 11.8 Å². The second-order valence-corrected chi connectivity index (χ2v) is 7.84. The molecule has 0 spiro atoms. The van der Waals surface area contributed by atoms with Crippen LogP contribution in [0.2, 0.25) is 0 Å². The van der Waals surface area contributed by atoms with E-state index in [-0.39, 0.29) is 11.7 Å². The number of carbonyl (C=O) groups is 2. The Bertz CT molecular complexity index is 1230. The molecule has 1 fully saturated rings. The highest BCUT2D eigenvalue weighted by molar-refractivity contribution is 8.18. The maximum Gasteiger partial charge on any atom is 0.264 e. The van der Waals surface area contributed by atoms with Crippen molar-refractivity contribution in [3.8, 4) is 11.1 Å². The molecular weight excluding hydrogens is 380 g/mol. The Hall–Kier alpha value is -3.44. The third-order valence-corrected chi connectivity index (χ3v) is 5.98. The molecule has 0 saturated carbocycles. The molecule has 0 atom stereocenters. The smallest absolute Gasteiger partial charge is 0.264 e. The van der Waals surface area contributed by atoms with E-state index in [0.29, 0.717) is 15.6 Å². The molecule has 1 aliphatic heterocycles. The number of carbonyl (C=O) groups excluding carboxylic acids is 2. The summed E-state index contributed by atoms with van der Waals surface area (Å²) in [6, 6.07) is 23.4. The summed E-state index contributed by atoms with van der Waals surface area (Å²) in [4.78, 5) is 30.1. The topological polar surface area (TPSA) is 58.5 Å². The van der Waals surface area contributed by atoms with Crippen molar-refractivity contribution in [2.24, 2.45) is 4.99 Å². The van der Waals surface area contributed by atoms with Crippen LogP contribution in [0, 0.1) is 0 Å². The lowest BCUT2D eigenvalue weighted by atomic mass is 9.73. The third kappa shape index (κ3) is 2.91. The van der Waals surface area contributed by atoms with Gasteiger partial charge in [-0.2, -0.15) is 0 Å². The van der Waals surface area contributed by atoms with Gasteiger partial charge in [-0.3, -0.25) is 9.59 Å². The van der Waals surface area contributed by atoms with Gasteiger partial charge in [0.1, 0.15) is 0 Å². The molecule has 29 heavy (non-hydrogen) atoms. The van der Waals surface area contributed by atoms with Crippen LogP contribution in [0.3, 0.4) is 0 Å². The number of thioether (sulfide) groups is 1. The van der Waals surface area contributed by atoms with Gasteiger partial charge in [-0.1, -0.05) is 60.7 Å². The molecule has 3 aromatic rings. The number of aliphatic imine (C=N–C) groups is 1. The number of hydrogen-bond acceptors (Lipinski definition) is 4. The molecule has 140 valence electrons. The summed E-state index contributed by atoms with van der Waals surface area (Å²) < 4.78 is 0. The quantitative estimate of drug-likeness (QED) is 0.383. The number of para-hydroxylation sites is 1. The summed E-state index contributed by atoms with van der Waals surface area (Å²) in [5.41, 5.74) is 6.02. The fraction of sp³-hybridized carbons (Fsp3) is 0.0417. The van der Waals surface area contributed by atoms with Crippen LogP contribution in [0.1, 0.15) is 28.4 Å². The Kier molecular flexibility index (Phi) is 4.18. The average Bonchev–Trinajstić information content (AvgIpc) is 3.08. The highest BCUT2D eigenvalue weighted by atomic mass is 32.2. The molecule has 1 amide bonds. The summed E-state index contributed by atoms with van der Waals surface area (Å²) in [5.74, 6) is -0.168. The molecule has 2 bridgehead atoms. The number of hydrogen-bond donors (Lipinski definition) is 1. The van der Waals surface area contributed by atoms with Crippen molar-refractivity contribution in [1.29, 1.82) is 0 Å². The zero-order valence-corrected chi connectivity index (χ0v) is 16.4. The van der Waals surface area contributed by atoms with Crippen LogP contribution >= 0.6 is 11.8 Å². The molecule has 1 saturated heterocycles. The van der Waals surface area contributed by atoms with Gasteiger partial charge in [0.25, 0.3) is 5.91 Å². The number of Topliss-reactive ketones (excluding diaryl/α,β-unsaturated/α-hetero) is 1. The normalized spacial score (nSPS) is 18.5. The van der Waals surface area contributed by atoms with Crippen LogP contribution in [0.5, 0.6) is 0 Å². The highest BCUT2D eigenvalue weighted by Crippen LogP contribution is 2.51. The number of ketones is 1. The van der Waals surface area contributed by atoms with Gasteiger partial charge in [-0.15, -0.1) is 0 Å². The highest BCUT2D eigenvalue weighted by Gasteiger charge is 2.38. The average molecular weight is 396 g/mol. The van der Waals surface area contributed by atoms with Crippen molar-refractivity contribution in [3.63, 3.8) is 0 Å². The van der Waals surface area contributed by atoms with Crippen LogP contribution in [0.4, 0.5) is 5.69 Å². The van der Waals surface area contributed by atoms with E-state index in [1.807, 2.05) is 72.8 Å². The van der Waals surface area contributed by atoms with Gasteiger partial charge in [0.05, 0.1) is 10.6 Å². The first-order chi connectivity index (χ1) is 14.1. The standard InChI is InChI=1S/C24H16N2O2S/c1-14(27)19-18-13-12-17(15-8-4-2-5-9-15)20(19)21(18)22-23(28)26-24(29-22)25-16-10-6-3-7-11-16/h2-13H,1H3,(H,25,26,28)/b22-21-. The van der Waals surface area contributed by atoms with Gasteiger partial charge in [0.2, 0.25) is 0 Å². The first-order valence-corrected chi connectivity index (χ1v) is 10.1. The van der Waals surface area contributed by atoms with Crippen LogP contribution in [0.25, 0.3) is 16.7 Å². The van der Waals surface area contributed by atoms with E-state index in [2.05, 4.69) is 10.3 Å². The van der Waals surface area contributed by atoms with Crippen molar-refractivity contribution < 1.29 is 9.59 Å². The summed E-state index contributed by atoms with van der Waals surface area (Å²) >= 11 is 1.32. The van der Waals surface area contributed by atoms with Crippen molar-refractivity contribution in [2.45, 2.75) is 6.92 Å². The Morgan fingerprint density at radius 1 is 0.897 bits per heavy atom. The molecular formula is C24H16N2O2S. The maximum absolute atomic E-state index is 12.7. The van der Waals surface area contributed by atoms with Gasteiger partial charge >= 0.3 is 0 Å². The number of amides is 1. The van der Waals surface area contributed by atoms with Gasteiger partial charge in [0, 0.05) is 16.7 Å². The second kappa shape index (κ2) is 6.87. The summed E-state index contributed by atoms with van der Waals surface area (Å²) in [6.45, 7) is 1.57. The summed E-state index contributed by atoms with van der Waals surface area (Å²) in [6.07, 6.45) is 0. The first-order valence-electron chi connectivity index (χ1n) is 9.25. The molecule has 0 radical (unpaired) electrons. The van der Waals surface area contributed by atoms with Crippen LogP contribution in [0.15, 0.2) is 82.7 Å². The van der Waals surface area contributed by atoms with E-state index in [0.717, 1.165) is 33.5 Å². The SMILES string of the molecule is CC(=O)c1c2ccc(-c3ccccc3)c1/C2=C1\SC(=Nc2ccccc2)NC1=O. The maximum atomic E-state index is 12.7. The minimum absolute atomic E-state index is 0.0127. The molecule has 3 aromatic carbocycles. The van der Waals surface area contributed by atoms with Gasteiger partial charge in [0.15, 0.2) is 11.0 Å². The zero-order chi connectivity index (χ0) is 20.0. The van der Waals surface area contributed by atoms with Gasteiger partial charge < -0.3 is 5.32 Å². The van der Waals surface area contributed by atoms with Crippen molar-refractivity contribution >= 4 is 39.9 Å². The van der Waals surface area contributed by atoms with E-state index in [1.54, 1.807) is 6.92 Å². The van der Waals surface area contributed by atoms with Crippen LogP contribution in [-0.4, -0.2) is 16.9 Å². The summed E-state index contributed by atoms with van der Waals surface area (Å²) in [5, 5.41) is 3.40. The van der Waals surface area contributed by atoms with Gasteiger partial charge in [-0.05, 0) is 47.5 Å². The zero-order valence-electron chi connectivity index (χ0n) is 15.6. The van der Waals surface area contributed by atoms with Crippen LogP contribution in [-0.2, 0) is 4.79 Å². The van der Waals surface area contributed by atoms with Crippen molar-refractivity contribution in [2.75, 3.05) is 0 Å². The number of rotatable bonds is 3. The minimum Gasteiger partial charge on any atom is -0.300 e. The molecule has 1 heterocycles. The van der Waals surface area contributed by atoms with E-state index >= 15 is 0 Å². The largest absolute Gasteiger partial charge is 0.300 e. The molecule has 5 rings (SSSR count). The molecule has 5 heteroatoms. The summed E-state index contributed by atoms with van der Waals surface area (Å²) in [7, 11) is 0. The number of benzene rings is 3. The lowest BCUT2D eigenvalue weighted by molar-refractivity contribution is -0.115. The number of nitrogens with zero attached hydrogens (tertiary/aromatic N) is 1. The Morgan fingerprint density at radius 2 is 1.55 bits per heavy atom. The second-order valence-electron chi connectivity index (χ2n) is 6.85. The van der Waals surface area contributed by atoms with E-state index in [4.69, 9.17) is 0 Å². The molecule has 4 nitrogen and oxygen atoms in total. The third-order valence-electron chi connectivity index (χ3n) is 5.00. The van der Waals surface area contributed by atoms with Crippen LogP contribution < -0.4 is 5.32 Å². The Labute approximate surface area is 172 Å². The Balaban J connectivity index is 1.62. The monoisotopic (exact) mass is 396 g/mol. The molecule has 1 aliphatic carbocycles. The molecule has 1 N–H and O–H groups in total. The molecule has 0 aromatic heterocycles. The number of nitrogens with one attached hydrogen (secondary N) is 1. The van der Waals surface area contributed by atoms with Crippen molar-refractivity contribution in [3.05, 3.63) is 94.4 Å². The predicted octanol–water partition coefficient (Wildman–Crippen LogP) is 5.18. The first kappa shape index (κ1) is 17.6.